The maximum atomic E-state index is 11.9. The first-order valence-corrected chi connectivity index (χ1v) is 16.0. The van der Waals surface area contributed by atoms with Crippen LogP contribution in [0.3, 0.4) is 0 Å². The molecule has 38 heavy (non-hydrogen) atoms. The smallest absolute Gasteiger partial charge is 0.305 e. The van der Waals surface area contributed by atoms with Crippen LogP contribution in [-0.2, 0) is 19.1 Å². The summed E-state index contributed by atoms with van der Waals surface area (Å²) >= 11 is 0. The number of ether oxygens (including phenoxy) is 2. The van der Waals surface area contributed by atoms with Crippen molar-refractivity contribution in [2.45, 2.75) is 143 Å². The van der Waals surface area contributed by atoms with Gasteiger partial charge >= 0.3 is 11.9 Å². The third kappa shape index (κ3) is 19.0. The summed E-state index contributed by atoms with van der Waals surface area (Å²) in [6.07, 6.45) is 18.7. The fraction of sp³-hybridized carbons (Fsp3) is 0.938. The Kier molecular flexibility index (Phi) is 20.8. The van der Waals surface area contributed by atoms with Crippen LogP contribution < -0.4 is 0 Å². The molecule has 0 aromatic heterocycles. The van der Waals surface area contributed by atoms with Crippen LogP contribution >= 0.6 is 0 Å². The Balaban J connectivity index is 2.53. The molecule has 6 heteroatoms. The van der Waals surface area contributed by atoms with Gasteiger partial charge in [0.05, 0.1) is 19.8 Å². The van der Waals surface area contributed by atoms with Crippen LogP contribution in [0.15, 0.2) is 0 Å². The third-order valence-electron chi connectivity index (χ3n) is 7.61. The number of unbranched alkanes of at least 4 members (excludes halogenated alkanes) is 4. The maximum absolute atomic E-state index is 11.9. The molecule has 0 atom stereocenters. The minimum atomic E-state index is -0.0689. The van der Waals surface area contributed by atoms with Gasteiger partial charge in [0.25, 0.3) is 0 Å². The first kappa shape index (κ1) is 34.9. The van der Waals surface area contributed by atoms with Gasteiger partial charge in [-0.3, -0.25) is 14.5 Å². The summed E-state index contributed by atoms with van der Waals surface area (Å²) in [5, 5.41) is 9.83. The van der Waals surface area contributed by atoms with Crippen molar-refractivity contribution in [2.75, 3.05) is 32.9 Å². The highest BCUT2D eigenvalue weighted by Gasteiger charge is 2.22. The molecule has 1 fully saturated rings. The van der Waals surface area contributed by atoms with Crippen LogP contribution in [-0.4, -0.2) is 60.9 Å². The zero-order valence-corrected chi connectivity index (χ0v) is 25.4. The fourth-order valence-electron chi connectivity index (χ4n) is 5.43. The second-order valence-electron chi connectivity index (χ2n) is 12.4. The lowest BCUT2D eigenvalue weighted by Crippen LogP contribution is -2.41. The molecule has 0 aromatic carbocycles. The molecule has 0 aromatic rings. The SMILES string of the molecule is CC(C)COC(=O)CCCCCC(CCCCCC(=O)OCC(C)C)CN(CCO)C1CCCCCCC1. The van der Waals surface area contributed by atoms with Crippen molar-refractivity contribution in [2.24, 2.45) is 17.8 Å². The maximum Gasteiger partial charge on any atom is 0.305 e. The number of nitrogens with zero attached hydrogens (tertiary/aromatic N) is 1. The lowest BCUT2D eigenvalue weighted by molar-refractivity contribution is -0.145. The molecule has 0 saturated heterocycles. The van der Waals surface area contributed by atoms with E-state index in [2.05, 4.69) is 32.6 Å². The minimum absolute atomic E-state index is 0.0689. The Morgan fingerprint density at radius 1 is 0.737 bits per heavy atom. The lowest BCUT2D eigenvalue weighted by atomic mass is 9.91. The summed E-state index contributed by atoms with van der Waals surface area (Å²) in [5.41, 5.74) is 0. The van der Waals surface area contributed by atoms with Gasteiger partial charge in [-0.05, 0) is 56.3 Å². The van der Waals surface area contributed by atoms with Crippen LogP contribution in [0, 0.1) is 17.8 Å². The topological polar surface area (TPSA) is 76.1 Å². The number of hydrogen-bond acceptors (Lipinski definition) is 6. The Labute approximate surface area is 234 Å². The predicted molar refractivity (Wildman–Crippen MR) is 156 cm³/mol. The van der Waals surface area contributed by atoms with Crippen molar-refractivity contribution in [3.05, 3.63) is 0 Å². The number of aliphatic hydroxyl groups excluding tert-OH is 1. The van der Waals surface area contributed by atoms with E-state index in [1.54, 1.807) is 0 Å². The predicted octanol–water partition coefficient (Wildman–Crippen LogP) is 7.31. The van der Waals surface area contributed by atoms with Crippen LogP contribution in [0.5, 0.6) is 0 Å². The Morgan fingerprint density at radius 3 is 1.66 bits per heavy atom. The van der Waals surface area contributed by atoms with E-state index in [0.717, 1.165) is 64.5 Å². The van der Waals surface area contributed by atoms with Gasteiger partial charge in [0.15, 0.2) is 0 Å². The van der Waals surface area contributed by atoms with Crippen molar-refractivity contribution >= 4 is 11.9 Å². The molecule has 0 aliphatic heterocycles. The summed E-state index contributed by atoms with van der Waals surface area (Å²) in [4.78, 5) is 26.4. The number of aliphatic hydroxyl groups is 1. The van der Waals surface area contributed by atoms with E-state index in [4.69, 9.17) is 9.47 Å². The molecule has 0 heterocycles. The molecule has 0 bridgehead atoms. The zero-order chi connectivity index (χ0) is 28.0. The molecule has 1 aliphatic rings. The van der Waals surface area contributed by atoms with Gasteiger partial charge in [-0.2, -0.15) is 0 Å². The van der Waals surface area contributed by atoms with E-state index in [-0.39, 0.29) is 18.5 Å². The standard InChI is InChI=1S/C32H61NO5/c1-27(2)25-37-31(35)20-14-8-10-16-29(17-11-9-15-21-32(36)38-26-28(3)4)24-33(22-23-34)30-18-12-6-5-7-13-19-30/h27-30,34H,5-26H2,1-4H3. The number of rotatable bonds is 21. The Morgan fingerprint density at radius 2 is 1.21 bits per heavy atom. The van der Waals surface area contributed by atoms with Crippen molar-refractivity contribution < 1.29 is 24.2 Å². The summed E-state index contributed by atoms with van der Waals surface area (Å²) in [5.74, 6) is 1.21. The zero-order valence-electron chi connectivity index (χ0n) is 25.4. The van der Waals surface area contributed by atoms with Gasteiger partial charge in [0.1, 0.15) is 0 Å². The second kappa shape index (κ2) is 22.7. The molecule has 0 unspecified atom stereocenters. The quantitative estimate of drug-likeness (QED) is 0.122. The fourth-order valence-corrected chi connectivity index (χ4v) is 5.43. The third-order valence-corrected chi connectivity index (χ3v) is 7.61. The number of esters is 2. The monoisotopic (exact) mass is 539 g/mol. The molecule has 0 spiro atoms. The summed E-state index contributed by atoms with van der Waals surface area (Å²) < 4.78 is 10.6. The van der Waals surface area contributed by atoms with Crippen molar-refractivity contribution in [3.8, 4) is 0 Å². The highest BCUT2D eigenvalue weighted by Crippen LogP contribution is 2.25. The number of carbonyl (C=O) groups is 2. The van der Waals surface area contributed by atoms with E-state index in [1.165, 1.54) is 44.9 Å². The summed E-state index contributed by atoms with van der Waals surface area (Å²) in [6.45, 7) is 11.3. The van der Waals surface area contributed by atoms with Crippen LogP contribution in [0.4, 0.5) is 0 Å². The van der Waals surface area contributed by atoms with Gasteiger partial charge in [-0.15, -0.1) is 0 Å². The van der Waals surface area contributed by atoms with Crippen molar-refractivity contribution in [1.29, 1.82) is 0 Å². The van der Waals surface area contributed by atoms with Gasteiger partial charge < -0.3 is 14.6 Å². The van der Waals surface area contributed by atoms with Gasteiger partial charge in [0, 0.05) is 32.0 Å². The minimum Gasteiger partial charge on any atom is -0.465 e. The van der Waals surface area contributed by atoms with Crippen molar-refractivity contribution in [1.82, 2.24) is 4.90 Å². The average Bonchev–Trinajstić information content (AvgIpc) is 2.85. The molecule has 1 rings (SSSR count). The van der Waals surface area contributed by atoms with Gasteiger partial charge in [-0.25, -0.2) is 0 Å². The van der Waals surface area contributed by atoms with E-state index in [0.29, 0.717) is 49.9 Å². The first-order valence-electron chi connectivity index (χ1n) is 16.0. The van der Waals surface area contributed by atoms with Gasteiger partial charge in [-0.1, -0.05) is 85.5 Å². The van der Waals surface area contributed by atoms with Crippen LogP contribution in [0.25, 0.3) is 0 Å². The molecule has 1 N–H and O–H groups in total. The number of hydrogen-bond donors (Lipinski definition) is 1. The highest BCUT2D eigenvalue weighted by molar-refractivity contribution is 5.69. The summed E-state index contributed by atoms with van der Waals surface area (Å²) in [7, 11) is 0. The molecule has 1 saturated carbocycles. The molecule has 0 radical (unpaired) electrons. The first-order chi connectivity index (χ1) is 18.3. The molecule has 0 amide bonds. The average molecular weight is 540 g/mol. The Hall–Kier alpha value is -1.14. The summed E-state index contributed by atoms with van der Waals surface area (Å²) in [6, 6.07) is 0.594. The van der Waals surface area contributed by atoms with Gasteiger partial charge in [0.2, 0.25) is 0 Å². The van der Waals surface area contributed by atoms with E-state index < -0.39 is 0 Å². The molecular formula is C32H61NO5. The van der Waals surface area contributed by atoms with Crippen LogP contribution in [0.1, 0.15) is 137 Å². The van der Waals surface area contributed by atoms with Crippen LogP contribution in [0.2, 0.25) is 0 Å². The molecule has 1 aliphatic carbocycles. The molecule has 224 valence electrons. The lowest BCUT2D eigenvalue weighted by Gasteiger charge is -2.35. The van der Waals surface area contributed by atoms with E-state index >= 15 is 0 Å². The largest absolute Gasteiger partial charge is 0.465 e. The highest BCUT2D eigenvalue weighted by atomic mass is 16.5. The second-order valence-corrected chi connectivity index (χ2v) is 12.4. The molecular weight excluding hydrogens is 478 g/mol. The molecule has 6 nitrogen and oxygen atoms in total. The van der Waals surface area contributed by atoms with E-state index in [9.17, 15) is 14.7 Å². The number of carbonyl (C=O) groups excluding carboxylic acids is 2. The normalized spacial score (nSPS) is 15.3. The van der Waals surface area contributed by atoms with Crippen molar-refractivity contribution in [3.63, 3.8) is 0 Å². The Bertz CT molecular complexity index is 552. The van der Waals surface area contributed by atoms with E-state index in [1.807, 2.05) is 0 Å².